The van der Waals surface area contributed by atoms with Gasteiger partial charge in [-0.05, 0) is 18.6 Å². The molecule has 0 bridgehead atoms. The molecule has 2 aromatic rings. The Balaban J connectivity index is 2.00. The first-order valence-corrected chi connectivity index (χ1v) is 7.47. The fourth-order valence-electron chi connectivity index (χ4n) is 2.26. The monoisotopic (exact) mass is 340 g/mol. The molecule has 0 aliphatic heterocycles. The molecule has 1 N–H and O–H groups in total. The quantitative estimate of drug-likeness (QED) is 0.879. The van der Waals surface area contributed by atoms with Gasteiger partial charge in [0.05, 0.1) is 6.54 Å². The van der Waals surface area contributed by atoms with Crippen LogP contribution in [0.25, 0.3) is 0 Å². The fourth-order valence-corrected chi connectivity index (χ4v) is 2.26. The number of aromatic nitrogens is 2. The van der Waals surface area contributed by atoms with Crippen molar-refractivity contribution in [3.05, 3.63) is 54.4 Å². The highest BCUT2D eigenvalue weighted by molar-refractivity contribution is 5.74. The van der Waals surface area contributed by atoms with E-state index in [0.29, 0.717) is 12.1 Å². The zero-order chi connectivity index (χ0) is 17.6. The lowest BCUT2D eigenvalue weighted by Gasteiger charge is -2.26. The van der Waals surface area contributed by atoms with Crippen LogP contribution in [-0.4, -0.2) is 39.5 Å². The third-order valence-corrected chi connectivity index (χ3v) is 3.26. The van der Waals surface area contributed by atoms with Gasteiger partial charge < -0.3 is 10.2 Å². The van der Waals surface area contributed by atoms with Crippen LogP contribution in [-0.2, 0) is 13.1 Å². The summed E-state index contributed by atoms with van der Waals surface area (Å²) in [7, 11) is 0. The van der Waals surface area contributed by atoms with Crippen molar-refractivity contribution in [2.45, 2.75) is 32.2 Å². The minimum absolute atomic E-state index is 0.110. The van der Waals surface area contributed by atoms with Crippen LogP contribution >= 0.6 is 0 Å². The fraction of sp³-hybridized carbons (Fsp3) is 0.375. The van der Waals surface area contributed by atoms with Gasteiger partial charge in [-0.15, -0.1) is 0 Å². The maximum absolute atomic E-state index is 12.8. The maximum Gasteiger partial charge on any atom is 0.406 e. The van der Waals surface area contributed by atoms with E-state index in [1.165, 1.54) is 0 Å². The van der Waals surface area contributed by atoms with Crippen LogP contribution in [0.2, 0.25) is 0 Å². The summed E-state index contributed by atoms with van der Waals surface area (Å²) in [6.07, 6.45) is -1.14. The lowest BCUT2D eigenvalue weighted by atomic mass is 10.2. The Bertz CT molecular complexity index is 629. The van der Waals surface area contributed by atoms with Crippen molar-refractivity contribution in [1.29, 1.82) is 0 Å². The third-order valence-electron chi connectivity index (χ3n) is 3.26. The Morgan fingerprint density at radius 1 is 1.29 bits per heavy atom. The minimum Gasteiger partial charge on any atom is -0.334 e. The molecule has 1 atom stereocenters. The van der Waals surface area contributed by atoms with Crippen LogP contribution in [0.15, 0.2) is 48.8 Å². The second-order valence-corrected chi connectivity index (χ2v) is 5.54. The van der Waals surface area contributed by atoms with Crippen LogP contribution in [0.5, 0.6) is 0 Å². The number of carbonyl (C=O) groups excluding carboxylic acids is 1. The molecule has 0 spiro atoms. The van der Waals surface area contributed by atoms with Gasteiger partial charge in [0, 0.05) is 25.0 Å². The molecule has 0 saturated heterocycles. The van der Waals surface area contributed by atoms with E-state index < -0.39 is 18.8 Å². The molecule has 0 fully saturated rings. The number of nitrogens with one attached hydrogen (secondary N) is 1. The molecule has 24 heavy (non-hydrogen) atoms. The SMILES string of the molecule is CC(Cn1cccn1)NC(=O)N(Cc1ccccc1)CC(F)(F)F. The molecule has 0 saturated carbocycles. The molecule has 8 heteroatoms. The molecule has 5 nitrogen and oxygen atoms in total. The smallest absolute Gasteiger partial charge is 0.334 e. The van der Waals surface area contributed by atoms with Crippen LogP contribution in [0.1, 0.15) is 12.5 Å². The zero-order valence-corrected chi connectivity index (χ0v) is 13.2. The zero-order valence-electron chi connectivity index (χ0n) is 13.2. The molecule has 1 unspecified atom stereocenters. The van der Waals surface area contributed by atoms with E-state index >= 15 is 0 Å². The summed E-state index contributed by atoms with van der Waals surface area (Å²) in [5.74, 6) is 0. The Hall–Kier alpha value is -2.51. The second-order valence-electron chi connectivity index (χ2n) is 5.54. The molecule has 1 aromatic heterocycles. The largest absolute Gasteiger partial charge is 0.406 e. The summed E-state index contributed by atoms with van der Waals surface area (Å²) in [4.78, 5) is 13.0. The number of alkyl halides is 3. The van der Waals surface area contributed by atoms with E-state index in [9.17, 15) is 18.0 Å². The number of urea groups is 1. The van der Waals surface area contributed by atoms with Crippen molar-refractivity contribution in [2.75, 3.05) is 6.54 Å². The van der Waals surface area contributed by atoms with E-state index in [1.807, 2.05) is 0 Å². The average Bonchev–Trinajstić information content (AvgIpc) is 2.99. The summed E-state index contributed by atoms with van der Waals surface area (Å²) in [6.45, 7) is 0.681. The van der Waals surface area contributed by atoms with Crippen LogP contribution in [0.3, 0.4) is 0 Å². The normalized spacial score (nSPS) is 12.7. The molecule has 0 radical (unpaired) electrons. The van der Waals surface area contributed by atoms with Crippen molar-refractivity contribution >= 4 is 6.03 Å². The molecule has 2 amide bonds. The van der Waals surface area contributed by atoms with Gasteiger partial charge in [-0.1, -0.05) is 30.3 Å². The summed E-state index contributed by atoms with van der Waals surface area (Å²) in [6, 6.07) is 9.20. The summed E-state index contributed by atoms with van der Waals surface area (Å²) in [5, 5.41) is 6.59. The van der Waals surface area contributed by atoms with E-state index in [4.69, 9.17) is 0 Å². The first kappa shape index (κ1) is 17.8. The van der Waals surface area contributed by atoms with Crippen molar-refractivity contribution in [2.24, 2.45) is 0 Å². The van der Waals surface area contributed by atoms with Gasteiger partial charge in [0.1, 0.15) is 6.54 Å². The van der Waals surface area contributed by atoms with Gasteiger partial charge >= 0.3 is 12.2 Å². The highest BCUT2D eigenvalue weighted by atomic mass is 19.4. The predicted molar refractivity (Wildman–Crippen MR) is 83.1 cm³/mol. The van der Waals surface area contributed by atoms with E-state index in [-0.39, 0.29) is 12.6 Å². The van der Waals surface area contributed by atoms with Gasteiger partial charge in [-0.25, -0.2) is 4.79 Å². The first-order valence-electron chi connectivity index (χ1n) is 7.47. The van der Waals surface area contributed by atoms with Crippen molar-refractivity contribution in [1.82, 2.24) is 20.0 Å². The molecule has 130 valence electrons. The van der Waals surface area contributed by atoms with Crippen molar-refractivity contribution in [3.63, 3.8) is 0 Å². The summed E-state index contributed by atoms with van der Waals surface area (Å²) >= 11 is 0. The van der Waals surface area contributed by atoms with Gasteiger partial charge in [0.25, 0.3) is 0 Å². The number of nitrogens with zero attached hydrogens (tertiary/aromatic N) is 3. The number of hydrogen-bond acceptors (Lipinski definition) is 2. The van der Waals surface area contributed by atoms with Gasteiger partial charge in [0.2, 0.25) is 0 Å². The molecule has 1 aromatic carbocycles. The first-order chi connectivity index (χ1) is 11.3. The Morgan fingerprint density at radius 2 is 2.00 bits per heavy atom. The molecule has 0 aliphatic carbocycles. The Labute approximate surface area is 138 Å². The van der Waals surface area contributed by atoms with Crippen LogP contribution < -0.4 is 5.32 Å². The molecule has 0 aliphatic rings. The number of halogens is 3. The number of amides is 2. The van der Waals surface area contributed by atoms with E-state index in [1.54, 1.807) is 60.4 Å². The standard InChI is InChI=1S/C16H19F3N4O/c1-13(10-23-9-5-8-20-23)21-15(24)22(12-16(17,18)19)11-14-6-3-2-4-7-14/h2-9,13H,10-12H2,1H3,(H,21,24). The Kier molecular flexibility index (Phi) is 5.83. The number of carbonyl (C=O) groups is 1. The summed E-state index contributed by atoms with van der Waals surface area (Å²) in [5.41, 5.74) is 0.636. The highest BCUT2D eigenvalue weighted by Gasteiger charge is 2.33. The second kappa shape index (κ2) is 7.85. The average molecular weight is 340 g/mol. The van der Waals surface area contributed by atoms with Gasteiger partial charge in [-0.2, -0.15) is 18.3 Å². The molecular formula is C16H19F3N4O. The number of rotatable bonds is 6. The van der Waals surface area contributed by atoms with Crippen molar-refractivity contribution in [3.8, 4) is 0 Å². The molecule has 2 rings (SSSR count). The lowest BCUT2D eigenvalue weighted by molar-refractivity contribution is -0.141. The third kappa shape index (κ3) is 5.94. The number of benzene rings is 1. The number of hydrogen-bond donors (Lipinski definition) is 1. The minimum atomic E-state index is -4.46. The van der Waals surface area contributed by atoms with Crippen LogP contribution in [0.4, 0.5) is 18.0 Å². The van der Waals surface area contributed by atoms with Crippen molar-refractivity contribution < 1.29 is 18.0 Å². The maximum atomic E-state index is 12.8. The predicted octanol–water partition coefficient (Wildman–Crippen LogP) is 3.05. The van der Waals surface area contributed by atoms with E-state index in [2.05, 4.69) is 10.4 Å². The molecule has 1 heterocycles. The van der Waals surface area contributed by atoms with Crippen LogP contribution in [0, 0.1) is 0 Å². The Morgan fingerprint density at radius 3 is 2.58 bits per heavy atom. The summed E-state index contributed by atoms with van der Waals surface area (Å²) < 4.78 is 39.9. The van der Waals surface area contributed by atoms with Gasteiger partial charge in [-0.3, -0.25) is 4.68 Å². The van der Waals surface area contributed by atoms with E-state index in [0.717, 1.165) is 4.90 Å². The highest BCUT2D eigenvalue weighted by Crippen LogP contribution is 2.18. The topological polar surface area (TPSA) is 50.2 Å². The lowest BCUT2D eigenvalue weighted by Crippen LogP contribution is -2.48. The van der Waals surface area contributed by atoms with Gasteiger partial charge in [0.15, 0.2) is 0 Å². The molecular weight excluding hydrogens is 321 g/mol.